The molecule has 0 saturated carbocycles. The van der Waals surface area contributed by atoms with Crippen LogP contribution in [0.1, 0.15) is 31.4 Å². The van der Waals surface area contributed by atoms with Crippen LogP contribution in [0.4, 0.5) is 0 Å². The van der Waals surface area contributed by atoms with Crippen molar-refractivity contribution < 1.29 is 19.0 Å². The summed E-state index contributed by atoms with van der Waals surface area (Å²) in [5.74, 6) is 1.26. The highest BCUT2D eigenvalue weighted by molar-refractivity contribution is 9.10. The third-order valence-electron chi connectivity index (χ3n) is 7.29. The Bertz CT molecular complexity index is 885. The smallest absolute Gasteiger partial charge is 0.303 e. The van der Waals surface area contributed by atoms with Crippen molar-refractivity contribution in [1.82, 2.24) is 4.90 Å². The van der Waals surface area contributed by atoms with Gasteiger partial charge in [0.2, 0.25) is 0 Å². The maximum Gasteiger partial charge on any atom is 0.303 e. The van der Waals surface area contributed by atoms with Gasteiger partial charge in [0, 0.05) is 18.5 Å². The second-order valence-electron chi connectivity index (χ2n) is 8.35. The number of carbonyl (C=O) groups is 1. The molecule has 2 heterocycles. The van der Waals surface area contributed by atoms with Crippen LogP contribution in [-0.2, 0) is 21.4 Å². The van der Waals surface area contributed by atoms with Crippen LogP contribution in [0.2, 0.25) is 0 Å². The molecule has 27 heavy (non-hydrogen) atoms. The third-order valence-corrected chi connectivity index (χ3v) is 8.76. The Labute approximate surface area is 167 Å². The molecule has 0 unspecified atom stereocenters. The topological polar surface area (TPSA) is 48.0 Å². The number of likely N-dealkylation sites (tertiary alicyclic amines) is 1. The summed E-state index contributed by atoms with van der Waals surface area (Å²) in [4.78, 5) is 14.3. The fourth-order valence-corrected chi connectivity index (χ4v) is 7.56. The first-order valence-electron chi connectivity index (χ1n) is 9.43. The number of rotatable bonds is 2. The molecule has 4 aliphatic rings. The molecule has 0 amide bonds. The molecule has 1 fully saturated rings. The second kappa shape index (κ2) is 5.29. The summed E-state index contributed by atoms with van der Waals surface area (Å²) >= 11 is 4.18. The monoisotopic (exact) mass is 433 g/mol. The lowest BCUT2D eigenvalue weighted by Crippen LogP contribution is -2.76. The number of hydrogen-bond donors (Lipinski definition) is 0. The Hall–Kier alpha value is -1.53. The van der Waals surface area contributed by atoms with Gasteiger partial charge in [0.1, 0.15) is 0 Å². The molecule has 1 spiro atoms. The van der Waals surface area contributed by atoms with Crippen molar-refractivity contribution in [1.29, 1.82) is 0 Å². The first-order chi connectivity index (χ1) is 12.8. The number of nitrogens with zero attached hydrogens (tertiary/aromatic N) is 1. The van der Waals surface area contributed by atoms with E-state index in [0.29, 0.717) is 6.04 Å². The first-order valence-corrected chi connectivity index (χ1v) is 10.2. The predicted octanol–water partition coefficient (Wildman–Crippen LogP) is 2.98. The molecule has 2 aliphatic carbocycles. The zero-order valence-corrected chi connectivity index (χ0v) is 17.6. The lowest BCUT2D eigenvalue weighted by atomic mass is 9.49. The lowest BCUT2D eigenvalue weighted by Gasteiger charge is -2.64. The number of piperidine rings is 1. The van der Waals surface area contributed by atoms with E-state index in [2.05, 4.69) is 46.9 Å². The second-order valence-corrected chi connectivity index (χ2v) is 9.67. The number of carbonyl (C=O) groups excluding carboxylic acids is 1. The summed E-state index contributed by atoms with van der Waals surface area (Å²) in [5, 5.41) is 0. The molecule has 2 bridgehead atoms. The van der Waals surface area contributed by atoms with Gasteiger partial charge in [-0.1, -0.05) is 28.1 Å². The Morgan fingerprint density at radius 3 is 2.89 bits per heavy atom. The van der Waals surface area contributed by atoms with Crippen molar-refractivity contribution in [2.45, 2.75) is 54.2 Å². The zero-order chi connectivity index (χ0) is 19.2. The van der Waals surface area contributed by atoms with Gasteiger partial charge in [-0.15, -0.1) is 0 Å². The van der Waals surface area contributed by atoms with Crippen molar-refractivity contribution >= 4 is 21.9 Å². The highest BCUT2D eigenvalue weighted by Gasteiger charge is 2.76. The summed E-state index contributed by atoms with van der Waals surface area (Å²) in [6, 6.07) is 4.47. The first kappa shape index (κ1) is 17.6. The molecule has 1 aromatic rings. The highest BCUT2D eigenvalue weighted by Crippen LogP contribution is 2.70. The highest BCUT2D eigenvalue weighted by atomic mass is 79.9. The van der Waals surface area contributed by atoms with Crippen LogP contribution in [0, 0.1) is 0 Å². The molecule has 1 aromatic carbocycles. The van der Waals surface area contributed by atoms with Gasteiger partial charge in [0.15, 0.2) is 23.2 Å². The van der Waals surface area contributed by atoms with Crippen molar-refractivity contribution in [3.8, 4) is 11.5 Å². The summed E-state index contributed by atoms with van der Waals surface area (Å²) in [6.45, 7) is 4.52. The van der Waals surface area contributed by atoms with Gasteiger partial charge in [-0.2, -0.15) is 0 Å². The van der Waals surface area contributed by atoms with Gasteiger partial charge in [0.05, 0.1) is 16.8 Å². The molecule has 0 N–H and O–H groups in total. The van der Waals surface area contributed by atoms with E-state index in [1.165, 1.54) is 18.1 Å². The molecular formula is C21H24BrNO4. The Morgan fingerprint density at radius 2 is 2.19 bits per heavy atom. The number of benzene rings is 1. The number of ether oxygens (including phenoxy) is 3. The van der Waals surface area contributed by atoms with Crippen LogP contribution in [-0.4, -0.2) is 53.6 Å². The SMILES string of the molecule is COc1ccc2c3c1O[C@]1(C)[C@H](OC(C)=O)C=C[C@@]4(Br)[C@@H](C2)N(C)CC[C@@]341. The molecule has 1 saturated heterocycles. The molecular weight excluding hydrogens is 410 g/mol. The number of esters is 1. The minimum atomic E-state index is -0.706. The van der Waals surface area contributed by atoms with Crippen LogP contribution < -0.4 is 9.47 Å². The van der Waals surface area contributed by atoms with Crippen LogP contribution in [0.25, 0.3) is 0 Å². The lowest BCUT2D eigenvalue weighted by molar-refractivity contribution is -0.163. The standard InChI is InChI=1S/C21H24BrNO4/c1-12(24)26-16-7-8-21(22)15-11-13-5-6-14(25-4)18-17(13)20(21,9-10-23(15)3)19(16,2)27-18/h5-8,15-16H,9-11H2,1-4H3/t15-,16-,19-,20+,21-/m1/s1. The largest absolute Gasteiger partial charge is 0.493 e. The van der Waals surface area contributed by atoms with Gasteiger partial charge in [-0.3, -0.25) is 4.79 Å². The molecule has 5 rings (SSSR count). The van der Waals surface area contributed by atoms with Gasteiger partial charge in [-0.05, 0) is 51.1 Å². The number of likely N-dealkylation sites (N-methyl/N-ethyl adjacent to an activating group) is 1. The van der Waals surface area contributed by atoms with Gasteiger partial charge >= 0.3 is 5.97 Å². The molecule has 2 aliphatic heterocycles. The van der Waals surface area contributed by atoms with E-state index < -0.39 is 11.7 Å². The van der Waals surface area contributed by atoms with Crippen LogP contribution in [0.15, 0.2) is 24.3 Å². The number of halogens is 1. The third kappa shape index (κ3) is 1.82. The summed E-state index contributed by atoms with van der Waals surface area (Å²) in [5.41, 5.74) is 1.50. The van der Waals surface area contributed by atoms with Crippen LogP contribution in [0.5, 0.6) is 11.5 Å². The summed E-state index contributed by atoms with van der Waals surface area (Å²) in [7, 11) is 3.86. The maximum absolute atomic E-state index is 11.8. The normalized spacial score (nSPS) is 40.9. The predicted molar refractivity (Wildman–Crippen MR) is 105 cm³/mol. The number of hydrogen-bond acceptors (Lipinski definition) is 5. The zero-order valence-electron chi connectivity index (χ0n) is 16.0. The van der Waals surface area contributed by atoms with E-state index in [0.717, 1.165) is 30.9 Å². The molecule has 0 aromatic heterocycles. The van der Waals surface area contributed by atoms with Crippen molar-refractivity contribution in [2.75, 3.05) is 20.7 Å². The van der Waals surface area contributed by atoms with E-state index in [9.17, 15) is 4.79 Å². The van der Waals surface area contributed by atoms with E-state index in [4.69, 9.17) is 14.2 Å². The van der Waals surface area contributed by atoms with Crippen LogP contribution >= 0.6 is 15.9 Å². The Balaban J connectivity index is 1.84. The van der Waals surface area contributed by atoms with E-state index >= 15 is 0 Å². The quantitative estimate of drug-likeness (QED) is 0.407. The van der Waals surface area contributed by atoms with Gasteiger partial charge < -0.3 is 19.1 Å². The number of alkyl halides is 1. The molecule has 144 valence electrons. The average molecular weight is 434 g/mol. The van der Waals surface area contributed by atoms with E-state index in [1.54, 1.807) is 7.11 Å². The van der Waals surface area contributed by atoms with E-state index in [1.807, 2.05) is 12.1 Å². The van der Waals surface area contributed by atoms with Gasteiger partial charge in [0.25, 0.3) is 0 Å². The molecule has 6 heteroatoms. The van der Waals surface area contributed by atoms with E-state index in [-0.39, 0.29) is 15.7 Å². The molecule has 5 nitrogen and oxygen atoms in total. The number of methoxy groups -OCH3 is 1. The molecule has 0 radical (unpaired) electrons. The van der Waals surface area contributed by atoms with Gasteiger partial charge in [-0.25, -0.2) is 0 Å². The van der Waals surface area contributed by atoms with Crippen molar-refractivity contribution in [3.63, 3.8) is 0 Å². The fraction of sp³-hybridized carbons (Fsp3) is 0.571. The summed E-state index contributed by atoms with van der Waals surface area (Å²) in [6.07, 6.45) is 5.62. The van der Waals surface area contributed by atoms with Crippen molar-refractivity contribution in [3.05, 3.63) is 35.4 Å². The van der Waals surface area contributed by atoms with Crippen molar-refractivity contribution in [2.24, 2.45) is 0 Å². The fourth-order valence-electron chi connectivity index (χ4n) is 6.10. The Kier molecular flexibility index (Phi) is 3.44. The minimum absolute atomic E-state index is 0.289. The maximum atomic E-state index is 11.8. The summed E-state index contributed by atoms with van der Waals surface area (Å²) < 4.78 is 17.8. The Morgan fingerprint density at radius 1 is 1.41 bits per heavy atom. The minimum Gasteiger partial charge on any atom is -0.493 e. The van der Waals surface area contributed by atoms with Crippen LogP contribution in [0.3, 0.4) is 0 Å². The molecule has 5 atom stereocenters. The average Bonchev–Trinajstić information content (AvgIpc) is 2.89.